The second-order valence-electron chi connectivity index (χ2n) is 4.48. The van der Waals surface area contributed by atoms with Gasteiger partial charge >= 0.3 is 12.1 Å². The second-order valence-corrected chi connectivity index (χ2v) is 4.87. The highest BCUT2D eigenvalue weighted by molar-refractivity contribution is 6.29. The molecule has 0 atom stereocenters. The van der Waals surface area contributed by atoms with Gasteiger partial charge in [-0.2, -0.15) is 0 Å². The number of carbonyl (C=O) groups is 2. The van der Waals surface area contributed by atoms with Gasteiger partial charge in [-0.15, -0.1) is 0 Å². The van der Waals surface area contributed by atoms with Crippen LogP contribution in [0.15, 0.2) is 12.3 Å². The number of carboxylic acids is 1. The van der Waals surface area contributed by atoms with Gasteiger partial charge in [-0.3, -0.25) is 5.32 Å². The summed E-state index contributed by atoms with van der Waals surface area (Å²) in [4.78, 5) is 26.1. The first-order chi connectivity index (χ1) is 8.19. The van der Waals surface area contributed by atoms with Crippen LogP contribution in [0.25, 0.3) is 0 Å². The molecule has 0 unspecified atom stereocenters. The molecular weight excluding hydrogens is 260 g/mol. The van der Waals surface area contributed by atoms with Gasteiger partial charge in [-0.1, -0.05) is 11.6 Å². The van der Waals surface area contributed by atoms with Crippen LogP contribution >= 0.6 is 11.6 Å². The van der Waals surface area contributed by atoms with E-state index in [0.29, 0.717) is 0 Å². The summed E-state index contributed by atoms with van der Waals surface area (Å²) in [5.41, 5.74) is -0.799. The summed E-state index contributed by atoms with van der Waals surface area (Å²) < 4.78 is 5.01. The molecule has 0 spiro atoms. The van der Waals surface area contributed by atoms with E-state index in [4.69, 9.17) is 21.4 Å². The fourth-order valence-corrected chi connectivity index (χ4v) is 1.28. The summed E-state index contributed by atoms with van der Waals surface area (Å²) in [6.45, 7) is 5.10. The van der Waals surface area contributed by atoms with Crippen LogP contribution < -0.4 is 5.32 Å². The number of pyridine rings is 1. The number of nitrogens with one attached hydrogen (secondary N) is 1. The van der Waals surface area contributed by atoms with Gasteiger partial charge in [-0.05, 0) is 20.8 Å². The van der Waals surface area contributed by atoms with Gasteiger partial charge in [0.1, 0.15) is 16.3 Å². The topological polar surface area (TPSA) is 88.5 Å². The Labute approximate surface area is 109 Å². The van der Waals surface area contributed by atoms with Crippen molar-refractivity contribution in [2.75, 3.05) is 5.32 Å². The standard InChI is InChI=1S/C11H13ClN2O4/c1-11(2,3)18-10(17)14-7-4-8(12)13-5-6(7)9(15)16/h4-5H,1-3H3,(H,15,16)(H,13,14,17). The first kappa shape index (κ1) is 14.2. The minimum absolute atomic E-state index is 0.0387. The number of halogens is 1. The molecule has 7 heteroatoms. The van der Waals surface area contributed by atoms with Crippen molar-refractivity contribution in [2.24, 2.45) is 0 Å². The van der Waals surface area contributed by atoms with Gasteiger partial charge in [0, 0.05) is 12.3 Å². The van der Waals surface area contributed by atoms with Gasteiger partial charge in [0.05, 0.1) is 5.69 Å². The van der Waals surface area contributed by atoms with E-state index in [1.165, 1.54) is 6.07 Å². The number of hydrogen-bond acceptors (Lipinski definition) is 4. The Hall–Kier alpha value is -1.82. The third-order valence-electron chi connectivity index (χ3n) is 1.74. The summed E-state index contributed by atoms with van der Waals surface area (Å²) in [5.74, 6) is -1.22. The number of carboxylic acid groups (broad SMARTS) is 1. The summed E-state index contributed by atoms with van der Waals surface area (Å²) in [6, 6.07) is 1.24. The molecule has 2 N–H and O–H groups in total. The minimum Gasteiger partial charge on any atom is -0.478 e. The molecule has 1 aromatic rings. The fraction of sp³-hybridized carbons (Fsp3) is 0.364. The van der Waals surface area contributed by atoms with Crippen LogP contribution in [0.1, 0.15) is 31.1 Å². The van der Waals surface area contributed by atoms with E-state index in [2.05, 4.69) is 10.3 Å². The van der Waals surface area contributed by atoms with Crippen molar-refractivity contribution in [3.63, 3.8) is 0 Å². The quantitative estimate of drug-likeness (QED) is 0.808. The van der Waals surface area contributed by atoms with Crippen molar-refractivity contribution >= 4 is 29.4 Å². The molecule has 98 valence electrons. The van der Waals surface area contributed by atoms with Crippen molar-refractivity contribution in [1.82, 2.24) is 4.98 Å². The molecule has 1 heterocycles. The Morgan fingerprint density at radius 2 is 2.06 bits per heavy atom. The summed E-state index contributed by atoms with van der Waals surface area (Å²) in [5, 5.41) is 11.3. The molecule has 0 fully saturated rings. The predicted octanol–water partition coefficient (Wildman–Crippen LogP) is 2.78. The molecule has 0 aliphatic carbocycles. The SMILES string of the molecule is CC(C)(C)OC(=O)Nc1cc(Cl)ncc1C(=O)O. The molecule has 0 aliphatic heterocycles. The number of carbonyl (C=O) groups excluding carboxylic acids is 1. The van der Waals surface area contributed by atoms with E-state index < -0.39 is 17.7 Å². The van der Waals surface area contributed by atoms with Crippen molar-refractivity contribution in [2.45, 2.75) is 26.4 Å². The van der Waals surface area contributed by atoms with Crippen LogP contribution in [-0.2, 0) is 4.74 Å². The Morgan fingerprint density at radius 3 is 2.56 bits per heavy atom. The zero-order chi connectivity index (χ0) is 13.9. The van der Waals surface area contributed by atoms with Gasteiger partial charge in [0.2, 0.25) is 0 Å². The molecule has 0 bridgehead atoms. The molecule has 18 heavy (non-hydrogen) atoms. The highest BCUT2D eigenvalue weighted by Gasteiger charge is 2.19. The molecule has 1 aromatic heterocycles. The average molecular weight is 273 g/mol. The maximum Gasteiger partial charge on any atom is 0.412 e. The van der Waals surface area contributed by atoms with E-state index >= 15 is 0 Å². The number of hydrogen-bond donors (Lipinski definition) is 2. The summed E-state index contributed by atoms with van der Waals surface area (Å²) in [7, 11) is 0. The summed E-state index contributed by atoms with van der Waals surface area (Å²) in [6.07, 6.45) is 0.310. The number of amides is 1. The number of rotatable bonds is 2. The van der Waals surface area contributed by atoms with E-state index in [0.717, 1.165) is 6.20 Å². The molecule has 1 amide bonds. The van der Waals surface area contributed by atoms with Crippen molar-refractivity contribution in [3.05, 3.63) is 23.0 Å². The number of aromatic carboxylic acids is 1. The van der Waals surface area contributed by atoms with Gasteiger partial charge < -0.3 is 9.84 Å². The average Bonchev–Trinajstić information content (AvgIpc) is 2.13. The lowest BCUT2D eigenvalue weighted by Gasteiger charge is -2.20. The van der Waals surface area contributed by atoms with Crippen molar-refractivity contribution < 1.29 is 19.4 Å². The zero-order valence-electron chi connectivity index (χ0n) is 10.2. The van der Waals surface area contributed by atoms with Crippen LogP contribution in [0, 0.1) is 0 Å². The van der Waals surface area contributed by atoms with Crippen LogP contribution in [0.3, 0.4) is 0 Å². The molecule has 0 aliphatic rings. The predicted molar refractivity (Wildman–Crippen MR) is 66.1 cm³/mol. The molecule has 0 saturated heterocycles. The van der Waals surface area contributed by atoms with Gasteiger partial charge in [0.15, 0.2) is 0 Å². The number of aromatic nitrogens is 1. The maximum atomic E-state index is 11.5. The van der Waals surface area contributed by atoms with E-state index in [1.807, 2.05) is 0 Å². The van der Waals surface area contributed by atoms with Crippen LogP contribution in [0.2, 0.25) is 5.15 Å². The Bertz CT molecular complexity index is 482. The van der Waals surface area contributed by atoms with Crippen molar-refractivity contribution in [1.29, 1.82) is 0 Å². The molecule has 0 radical (unpaired) electrons. The van der Waals surface area contributed by atoms with Crippen LogP contribution in [0.4, 0.5) is 10.5 Å². The number of anilines is 1. The lowest BCUT2D eigenvalue weighted by molar-refractivity contribution is 0.0636. The van der Waals surface area contributed by atoms with Crippen molar-refractivity contribution in [3.8, 4) is 0 Å². The molecule has 6 nitrogen and oxygen atoms in total. The summed E-state index contributed by atoms with van der Waals surface area (Å²) >= 11 is 5.64. The smallest absolute Gasteiger partial charge is 0.412 e. The van der Waals surface area contributed by atoms with Gasteiger partial charge in [0.25, 0.3) is 0 Å². The number of nitrogens with zero attached hydrogens (tertiary/aromatic N) is 1. The van der Waals surface area contributed by atoms with E-state index in [9.17, 15) is 9.59 Å². The highest BCUT2D eigenvalue weighted by Crippen LogP contribution is 2.19. The van der Waals surface area contributed by atoms with Gasteiger partial charge in [-0.25, -0.2) is 14.6 Å². The second kappa shape index (κ2) is 5.22. The molecular formula is C11H13ClN2O4. The first-order valence-corrected chi connectivity index (χ1v) is 5.45. The zero-order valence-corrected chi connectivity index (χ0v) is 10.9. The lowest BCUT2D eigenvalue weighted by atomic mass is 10.2. The third kappa shape index (κ3) is 4.21. The Morgan fingerprint density at radius 1 is 1.44 bits per heavy atom. The third-order valence-corrected chi connectivity index (χ3v) is 1.94. The van der Waals surface area contributed by atoms with E-state index in [-0.39, 0.29) is 16.4 Å². The van der Waals surface area contributed by atoms with E-state index in [1.54, 1.807) is 20.8 Å². The first-order valence-electron chi connectivity index (χ1n) is 5.08. The Balaban J connectivity index is 2.93. The largest absolute Gasteiger partial charge is 0.478 e. The van der Waals surface area contributed by atoms with Crippen LogP contribution in [-0.4, -0.2) is 27.8 Å². The molecule has 1 rings (SSSR count). The number of ether oxygens (including phenoxy) is 1. The fourth-order valence-electron chi connectivity index (χ4n) is 1.12. The normalized spacial score (nSPS) is 10.9. The lowest BCUT2D eigenvalue weighted by Crippen LogP contribution is -2.27. The Kier molecular flexibility index (Phi) is 4.13. The molecule has 0 aromatic carbocycles. The highest BCUT2D eigenvalue weighted by atomic mass is 35.5. The maximum absolute atomic E-state index is 11.5. The monoisotopic (exact) mass is 272 g/mol. The minimum atomic E-state index is -1.22. The molecule has 0 saturated carbocycles. The van der Waals surface area contributed by atoms with Crippen LogP contribution in [0.5, 0.6) is 0 Å².